The van der Waals surface area contributed by atoms with Crippen molar-refractivity contribution < 1.29 is 9.59 Å². The number of hydrogen-bond donors (Lipinski definition) is 1. The van der Waals surface area contributed by atoms with Crippen molar-refractivity contribution in [1.29, 1.82) is 0 Å². The summed E-state index contributed by atoms with van der Waals surface area (Å²) < 4.78 is 0. The summed E-state index contributed by atoms with van der Waals surface area (Å²) in [5, 5.41) is 2.98. The van der Waals surface area contributed by atoms with Gasteiger partial charge in [-0.15, -0.1) is 0 Å². The van der Waals surface area contributed by atoms with Crippen molar-refractivity contribution in [3.63, 3.8) is 0 Å². The Balaban J connectivity index is 2.01. The summed E-state index contributed by atoms with van der Waals surface area (Å²) in [6.07, 6.45) is 3.86. The molecule has 1 fully saturated rings. The van der Waals surface area contributed by atoms with E-state index >= 15 is 0 Å². The largest absolute Gasteiger partial charge is 0.342 e. The molecule has 0 aromatic heterocycles. The molecule has 1 aliphatic heterocycles. The number of carbonyl (C=O) groups excluding carboxylic acids is 2. The van der Waals surface area contributed by atoms with Crippen LogP contribution in [-0.4, -0.2) is 29.8 Å². The molecule has 1 aromatic carbocycles. The van der Waals surface area contributed by atoms with Crippen LogP contribution in [0.3, 0.4) is 0 Å². The molecule has 1 atom stereocenters. The molecule has 0 radical (unpaired) electrons. The third-order valence-electron chi connectivity index (χ3n) is 4.58. The van der Waals surface area contributed by atoms with Gasteiger partial charge in [0.2, 0.25) is 11.8 Å². The van der Waals surface area contributed by atoms with Gasteiger partial charge in [-0.3, -0.25) is 9.59 Å². The molecule has 1 aromatic rings. The van der Waals surface area contributed by atoms with Gasteiger partial charge in [0.15, 0.2) is 0 Å². The van der Waals surface area contributed by atoms with Crippen LogP contribution in [0.5, 0.6) is 0 Å². The van der Waals surface area contributed by atoms with Gasteiger partial charge in [0.25, 0.3) is 0 Å². The van der Waals surface area contributed by atoms with Crippen LogP contribution in [0.25, 0.3) is 0 Å². The molecule has 2 rings (SSSR count). The molecule has 2 amide bonds. The van der Waals surface area contributed by atoms with Crippen molar-refractivity contribution in [2.75, 3.05) is 18.4 Å². The van der Waals surface area contributed by atoms with Crippen molar-refractivity contribution in [1.82, 2.24) is 4.90 Å². The van der Waals surface area contributed by atoms with Gasteiger partial charge in [0.05, 0.1) is 0 Å². The number of benzene rings is 1. The number of amides is 2. The lowest BCUT2D eigenvalue weighted by Gasteiger charge is -2.30. The minimum atomic E-state index is -0.205. The summed E-state index contributed by atoms with van der Waals surface area (Å²) >= 11 is 0. The standard InChI is InChI=1S/C19H28N2O2/c1-4-15-9-6-10-16(5-2)19(15)20-17(22)12-18(23)21-11-7-8-14(3)13-21/h6,9-10,14H,4-5,7-8,11-13H2,1-3H3,(H,20,22). The molecular weight excluding hydrogens is 288 g/mol. The molecule has 1 aliphatic rings. The minimum Gasteiger partial charge on any atom is -0.342 e. The van der Waals surface area contributed by atoms with Crippen LogP contribution in [0.1, 0.15) is 51.2 Å². The number of rotatable bonds is 5. The van der Waals surface area contributed by atoms with Gasteiger partial charge in [0, 0.05) is 18.8 Å². The average molecular weight is 316 g/mol. The molecule has 0 aliphatic carbocycles. The molecule has 0 spiro atoms. The Bertz CT molecular complexity index is 546. The number of carbonyl (C=O) groups is 2. The second-order valence-corrected chi connectivity index (χ2v) is 6.47. The zero-order valence-electron chi connectivity index (χ0n) is 14.5. The molecule has 4 nitrogen and oxygen atoms in total. The Kier molecular flexibility index (Phi) is 6.20. The fraction of sp³-hybridized carbons (Fsp3) is 0.579. The van der Waals surface area contributed by atoms with Crippen LogP contribution in [0.2, 0.25) is 0 Å². The Morgan fingerprint density at radius 1 is 1.22 bits per heavy atom. The van der Waals surface area contributed by atoms with E-state index in [9.17, 15) is 9.59 Å². The van der Waals surface area contributed by atoms with E-state index in [1.807, 2.05) is 23.1 Å². The highest BCUT2D eigenvalue weighted by atomic mass is 16.2. The lowest BCUT2D eigenvalue weighted by atomic mass is 10.00. The van der Waals surface area contributed by atoms with Crippen LogP contribution >= 0.6 is 0 Å². The van der Waals surface area contributed by atoms with Gasteiger partial charge >= 0.3 is 0 Å². The summed E-state index contributed by atoms with van der Waals surface area (Å²) in [4.78, 5) is 26.5. The zero-order valence-corrected chi connectivity index (χ0v) is 14.5. The molecule has 1 heterocycles. The normalized spacial score (nSPS) is 17.9. The SMILES string of the molecule is CCc1cccc(CC)c1NC(=O)CC(=O)N1CCCC(C)C1. The number of piperidine rings is 1. The molecule has 1 N–H and O–H groups in total. The van der Waals surface area contributed by atoms with E-state index in [0.29, 0.717) is 5.92 Å². The fourth-order valence-corrected chi connectivity index (χ4v) is 3.25. The summed E-state index contributed by atoms with van der Waals surface area (Å²) in [6, 6.07) is 6.08. The molecule has 4 heteroatoms. The minimum absolute atomic E-state index is 0.0546. The monoisotopic (exact) mass is 316 g/mol. The average Bonchev–Trinajstić information content (AvgIpc) is 2.54. The number of aryl methyl sites for hydroxylation is 2. The quantitative estimate of drug-likeness (QED) is 0.846. The smallest absolute Gasteiger partial charge is 0.233 e. The molecule has 0 bridgehead atoms. The maximum Gasteiger partial charge on any atom is 0.233 e. The van der Waals surface area contributed by atoms with Crippen molar-refractivity contribution in [3.8, 4) is 0 Å². The lowest BCUT2D eigenvalue weighted by Crippen LogP contribution is -2.40. The van der Waals surface area contributed by atoms with E-state index in [1.54, 1.807) is 0 Å². The molecule has 0 saturated carbocycles. The second kappa shape index (κ2) is 8.14. The first-order valence-corrected chi connectivity index (χ1v) is 8.73. The highest BCUT2D eigenvalue weighted by Crippen LogP contribution is 2.23. The first-order chi connectivity index (χ1) is 11.0. The van der Waals surface area contributed by atoms with Crippen LogP contribution in [-0.2, 0) is 22.4 Å². The summed E-state index contributed by atoms with van der Waals surface area (Å²) in [7, 11) is 0. The summed E-state index contributed by atoms with van der Waals surface area (Å²) in [5.41, 5.74) is 3.13. The second-order valence-electron chi connectivity index (χ2n) is 6.47. The van der Waals surface area contributed by atoms with E-state index in [1.165, 1.54) is 6.42 Å². The third-order valence-corrected chi connectivity index (χ3v) is 4.58. The predicted molar refractivity (Wildman–Crippen MR) is 93.4 cm³/mol. The number of nitrogens with zero attached hydrogens (tertiary/aromatic N) is 1. The van der Waals surface area contributed by atoms with Crippen LogP contribution in [0.15, 0.2) is 18.2 Å². The number of anilines is 1. The summed E-state index contributed by atoms with van der Waals surface area (Å²) in [5.74, 6) is 0.271. The van der Waals surface area contributed by atoms with E-state index < -0.39 is 0 Å². The molecule has 23 heavy (non-hydrogen) atoms. The third kappa shape index (κ3) is 4.57. The van der Waals surface area contributed by atoms with Crippen LogP contribution < -0.4 is 5.32 Å². The van der Waals surface area contributed by atoms with E-state index in [0.717, 1.165) is 49.2 Å². The number of likely N-dealkylation sites (tertiary alicyclic amines) is 1. The van der Waals surface area contributed by atoms with Gasteiger partial charge in [-0.2, -0.15) is 0 Å². The molecule has 126 valence electrons. The lowest BCUT2D eigenvalue weighted by molar-refractivity contribution is -0.136. The molecule has 1 unspecified atom stereocenters. The maximum atomic E-state index is 12.3. The Labute approximate surface area is 139 Å². The van der Waals surface area contributed by atoms with E-state index in [4.69, 9.17) is 0 Å². The van der Waals surface area contributed by atoms with E-state index in [2.05, 4.69) is 26.1 Å². The molecule has 1 saturated heterocycles. The van der Waals surface area contributed by atoms with Gasteiger partial charge in [-0.1, -0.05) is 39.0 Å². The predicted octanol–water partition coefficient (Wildman–Crippen LogP) is 3.40. The highest BCUT2D eigenvalue weighted by molar-refractivity contribution is 6.04. The first kappa shape index (κ1) is 17.5. The van der Waals surface area contributed by atoms with Gasteiger partial charge in [-0.25, -0.2) is 0 Å². The van der Waals surface area contributed by atoms with Crippen molar-refractivity contribution in [2.45, 2.75) is 52.9 Å². The first-order valence-electron chi connectivity index (χ1n) is 8.73. The number of hydrogen-bond acceptors (Lipinski definition) is 2. The topological polar surface area (TPSA) is 49.4 Å². The summed E-state index contributed by atoms with van der Waals surface area (Å²) in [6.45, 7) is 7.86. The number of nitrogens with one attached hydrogen (secondary N) is 1. The van der Waals surface area contributed by atoms with Gasteiger partial charge < -0.3 is 10.2 Å². The Morgan fingerprint density at radius 2 is 1.87 bits per heavy atom. The Hall–Kier alpha value is -1.84. The Morgan fingerprint density at radius 3 is 2.43 bits per heavy atom. The van der Waals surface area contributed by atoms with Crippen molar-refractivity contribution >= 4 is 17.5 Å². The van der Waals surface area contributed by atoms with Gasteiger partial charge in [0.1, 0.15) is 6.42 Å². The molecular formula is C19H28N2O2. The van der Waals surface area contributed by atoms with Gasteiger partial charge in [-0.05, 0) is 42.7 Å². The van der Waals surface area contributed by atoms with Crippen LogP contribution in [0, 0.1) is 5.92 Å². The number of para-hydroxylation sites is 1. The van der Waals surface area contributed by atoms with Crippen molar-refractivity contribution in [3.05, 3.63) is 29.3 Å². The zero-order chi connectivity index (χ0) is 16.8. The highest BCUT2D eigenvalue weighted by Gasteiger charge is 2.23. The van der Waals surface area contributed by atoms with Crippen molar-refractivity contribution in [2.24, 2.45) is 5.92 Å². The maximum absolute atomic E-state index is 12.3. The fourth-order valence-electron chi connectivity index (χ4n) is 3.25. The van der Waals surface area contributed by atoms with E-state index in [-0.39, 0.29) is 18.2 Å². The van der Waals surface area contributed by atoms with Crippen LogP contribution in [0.4, 0.5) is 5.69 Å².